The SMILES string of the molecule is Cc1nc(-c2cccc(NC(=O)c3cccc(CN4CCS(=O)(=O)CC4)c3)c2)[nH]c1C. The van der Waals surface area contributed by atoms with Crippen LogP contribution in [0.5, 0.6) is 0 Å². The zero-order valence-electron chi connectivity index (χ0n) is 17.7. The van der Waals surface area contributed by atoms with Crippen molar-refractivity contribution in [2.45, 2.75) is 20.4 Å². The van der Waals surface area contributed by atoms with Gasteiger partial charge in [0.05, 0.1) is 17.2 Å². The van der Waals surface area contributed by atoms with Crippen LogP contribution in [0.3, 0.4) is 0 Å². The van der Waals surface area contributed by atoms with E-state index in [0.717, 1.165) is 28.3 Å². The van der Waals surface area contributed by atoms with Gasteiger partial charge in [-0.15, -0.1) is 0 Å². The Morgan fingerprint density at radius 3 is 2.55 bits per heavy atom. The van der Waals surface area contributed by atoms with E-state index in [1.807, 2.05) is 56.3 Å². The minimum absolute atomic E-state index is 0.188. The predicted molar refractivity (Wildman–Crippen MR) is 122 cm³/mol. The zero-order valence-corrected chi connectivity index (χ0v) is 18.5. The number of aryl methyl sites for hydroxylation is 2. The lowest BCUT2D eigenvalue weighted by atomic mass is 10.1. The number of aromatic amines is 1. The van der Waals surface area contributed by atoms with Crippen molar-refractivity contribution < 1.29 is 13.2 Å². The molecule has 1 aliphatic heterocycles. The van der Waals surface area contributed by atoms with Crippen LogP contribution < -0.4 is 5.32 Å². The van der Waals surface area contributed by atoms with E-state index in [1.54, 1.807) is 6.07 Å². The van der Waals surface area contributed by atoms with Crippen molar-refractivity contribution in [3.05, 3.63) is 71.0 Å². The molecule has 3 aromatic rings. The lowest BCUT2D eigenvalue weighted by molar-refractivity contribution is 0.102. The van der Waals surface area contributed by atoms with E-state index in [-0.39, 0.29) is 17.4 Å². The average Bonchev–Trinajstić information content (AvgIpc) is 3.08. The number of imidazole rings is 1. The first kappa shape index (κ1) is 21.3. The highest BCUT2D eigenvalue weighted by Gasteiger charge is 2.21. The van der Waals surface area contributed by atoms with Gasteiger partial charge in [0.25, 0.3) is 5.91 Å². The van der Waals surface area contributed by atoms with Gasteiger partial charge in [0.1, 0.15) is 5.82 Å². The highest BCUT2D eigenvalue weighted by Crippen LogP contribution is 2.22. The lowest BCUT2D eigenvalue weighted by Crippen LogP contribution is -2.39. The summed E-state index contributed by atoms with van der Waals surface area (Å²) in [5.74, 6) is 0.972. The number of hydrogen-bond acceptors (Lipinski definition) is 5. The third-order valence-electron chi connectivity index (χ3n) is 5.55. The number of nitrogens with zero attached hydrogens (tertiary/aromatic N) is 2. The molecule has 1 aromatic heterocycles. The topological polar surface area (TPSA) is 95.2 Å². The highest BCUT2D eigenvalue weighted by atomic mass is 32.2. The molecule has 4 rings (SSSR count). The van der Waals surface area contributed by atoms with Crippen LogP contribution in [0.25, 0.3) is 11.4 Å². The molecule has 1 amide bonds. The van der Waals surface area contributed by atoms with Crippen molar-refractivity contribution in [1.29, 1.82) is 0 Å². The van der Waals surface area contributed by atoms with Gasteiger partial charge in [-0.25, -0.2) is 13.4 Å². The van der Waals surface area contributed by atoms with Gasteiger partial charge in [-0.1, -0.05) is 24.3 Å². The minimum Gasteiger partial charge on any atom is -0.342 e. The molecule has 162 valence electrons. The van der Waals surface area contributed by atoms with Crippen molar-refractivity contribution >= 4 is 21.4 Å². The van der Waals surface area contributed by atoms with Gasteiger partial charge >= 0.3 is 0 Å². The van der Waals surface area contributed by atoms with Crippen molar-refractivity contribution in [3.63, 3.8) is 0 Å². The van der Waals surface area contributed by atoms with Gasteiger partial charge in [-0.2, -0.15) is 0 Å². The number of H-pyrrole nitrogens is 1. The Morgan fingerprint density at radius 2 is 1.84 bits per heavy atom. The second-order valence-corrected chi connectivity index (χ2v) is 10.3. The second kappa shape index (κ2) is 8.64. The average molecular weight is 439 g/mol. The summed E-state index contributed by atoms with van der Waals surface area (Å²) < 4.78 is 23.2. The molecule has 31 heavy (non-hydrogen) atoms. The molecule has 0 saturated carbocycles. The number of aromatic nitrogens is 2. The second-order valence-electron chi connectivity index (χ2n) is 7.96. The number of nitrogens with one attached hydrogen (secondary N) is 2. The van der Waals surface area contributed by atoms with E-state index in [9.17, 15) is 13.2 Å². The molecule has 2 aromatic carbocycles. The summed E-state index contributed by atoms with van der Waals surface area (Å²) in [6, 6.07) is 15.0. The molecule has 8 heteroatoms. The normalized spacial score (nSPS) is 16.2. The number of carbonyl (C=O) groups excluding carboxylic acids is 1. The summed E-state index contributed by atoms with van der Waals surface area (Å²) in [5.41, 5.74) is 5.13. The third kappa shape index (κ3) is 5.21. The Balaban J connectivity index is 1.44. The van der Waals surface area contributed by atoms with Crippen LogP contribution in [-0.2, 0) is 16.4 Å². The van der Waals surface area contributed by atoms with Crippen molar-refractivity contribution in [1.82, 2.24) is 14.9 Å². The van der Waals surface area contributed by atoms with Crippen LogP contribution in [0, 0.1) is 13.8 Å². The number of benzene rings is 2. The summed E-state index contributed by atoms with van der Waals surface area (Å²) in [7, 11) is -2.90. The predicted octanol–water partition coefficient (Wildman–Crippen LogP) is 3.18. The van der Waals surface area contributed by atoms with E-state index in [0.29, 0.717) is 30.9 Å². The van der Waals surface area contributed by atoms with Gasteiger partial charge in [-0.3, -0.25) is 9.69 Å². The monoisotopic (exact) mass is 438 g/mol. The van der Waals surface area contributed by atoms with Crippen LogP contribution in [0.1, 0.15) is 27.3 Å². The number of sulfone groups is 1. The first-order valence-electron chi connectivity index (χ1n) is 10.3. The van der Waals surface area contributed by atoms with E-state index in [2.05, 4.69) is 20.2 Å². The molecule has 0 unspecified atom stereocenters. The molecule has 1 fully saturated rings. The van der Waals surface area contributed by atoms with Gasteiger partial charge in [0, 0.05) is 42.1 Å². The lowest BCUT2D eigenvalue weighted by Gasteiger charge is -2.26. The molecule has 2 heterocycles. The molecule has 0 spiro atoms. The first-order chi connectivity index (χ1) is 14.8. The molecule has 7 nitrogen and oxygen atoms in total. The fraction of sp³-hybridized carbons (Fsp3) is 0.304. The van der Waals surface area contributed by atoms with Crippen LogP contribution in [0.2, 0.25) is 0 Å². The van der Waals surface area contributed by atoms with Gasteiger partial charge < -0.3 is 10.3 Å². The van der Waals surface area contributed by atoms with E-state index in [1.165, 1.54) is 0 Å². The molecule has 0 aliphatic carbocycles. The quantitative estimate of drug-likeness (QED) is 0.638. The Kier molecular flexibility index (Phi) is 5.93. The Morgan fingerprint density at radius 1 is 1.10 bits per heavy atom. The number of anilines is 1. The summed E-state index contributed by atoms with van der Waals surface area (Å²) in [6.07, 6.45) is 0. The Bertz CT molecular complexity index is 1180. The number of hydrogen-bond donors (Lipinski definition) is 2. The highest BCUT2D eigenvalue weighted by molar-refractivity contribution is 7.91. The molecule has 0 atom stereocenters. The standard InChI is InChI=1S/C23H26N4O3S/c1-16-17(2)25-22(24-16)19-6-4-8-21(14-19)26-23(28)20-7-3-5-18(13-20)15-27-9-11-31(29,30)12-10-27/h3-8,13-14H,9-12,15H2,1-2H3,(H,24,25)(H,26,28). The maximum atomic E-state index is 12.8. The smallest absolute Gasteiger partial charge is 0.255 e. The number of carbonyl (C=O) groups is 1. The zero-order chi connectivity index (χ0) is 22.0. The van der Waals surface area contributed by atoms with Crippen molar-refractivity contribution in [2.75, 3.05) is 29.9 Å². The molecule has 0 radical (unpaired) electrons. The third-order valence-corrected chi connectivity index (χ3v) is 7.16. The fourth-order valence-electron chi connectivity index (χ4n) is 3.61. The number of rotatable bonds is 5. The molecular weight excluding hydrogens is 412 g/mol. The van der Waals surface area contributed by atoms with Crippen LogP contribution in [-0.4, -0.2) is 53.8 Å². The van der Waals surface area contributed by atoms with Crippen LogP contribution in [0.4, 0.5) is 5.69 Å². The van der Waals surface area contributed by atoms with Crippen LogP contribution >= 0.6 is 0 Å². The maximum absolute atomic E-state index is 12.8. The molecule has 1 saturated heterocycles. The number of amides is 1. The van der Waals surface area contributed by atoms with Crippen LogP contribution in [0.15, 0.2) is 48.5 Å². The summed E-state index contributed by atoms with van der Waals surface area (Å²) >= 11 is 0. The van der Waals surface area contributed by atoms with E-state index < -0.39 is 9.84 Å². The van der Waals surface area contributed by atoms with Crippen molar-refractivity contribution in [3.8, 4) is 11.4 Å². The maximum Gasteiger partial charge on any atom is 0.255 e. The van der Waals surface area contributed by atoms with Gasteiger partial charge in [0.15, 0.2) is 9.84 Å². The van der Waals surface area contributed by atoms with E-state index in [4.69, 9.17) is 0 Å². The van der Waals surface area contributed by atoms with Crippen molar-refractivity contribution in [2.24, 2.45) is 0 Å². The largest absolute Gasteiger partial charge is 0.342 e. The van der Waals surface area contributed by atoms with E-state index >= 15 is 0 Å². The first-order valence-corrected chi connectivity index (χ1v) is 12.1. The Hall–Kier alpha value is -2.97. The summed E-state index contributed by atoms with van der Waals surface area (Å²) in [4.78, 5) is 22.7. The minimum atomic E-state index is -2.90. The molecule has 1 aliphatic rings. The Labute approximate surface area is 182 Å². The molecule has 2 N–H and O–H groups in total. The van der Waals surface area contributed by atoms with Gasteiger partial charge in [0.2, 0.25) is 0 Å². The van der Waals surface area contributed by atoms with Gasteiger partial charge in [-0.05, 0) is 43.7 Å². The molecule has 0 bridgehead atoms. The summed E-state index contributed by atoms with van der Waals surface area (Å²) in [6.45, 7) is 5.61. The fourth-order valence-corrected chi connectivity index (χ4v) is 4.89. The summed E-state index contributed by atoms with van der Waals surface area (Å²) in [5, 5.41) is 2.96. The molecular formula is C23H26N4O3S.